The van der Waals surface area contributed by atoms with Crippen molar-refractivity contribution in [2.75, 3.05) is 12.9 Å². The van der Waals surface area contributed by atoms with Gasteiger partial charge < -0.3 is 9.94 Å². The number of rotatable bonds is 7. The summed E-state index contributed by atoms with van der Waals surface area (Å²) in [6.07, 6.45) is 5.19. The lowest BCUT2D eigenvalue weighted by atomic mass is 10.1. The van der Waals surface area contributed by atoms with Gasteiger partial charge in [-0.3, -0.25) is 0 Å². The Morgan fingerprint density at radius 1 is 1.12 bits per heavy atom. The van der Waals surface area contributed by atoms with Crippen molar-refractivity contribution >= 4 is 35.0 Å². The molecule has 4 rings (SSSR count). The van der Waals surface area contributed by atoms with Crippen LogP contribution in [0.5, 0.6) is 5.75 Å². The second-order valence-corrected chi connectivity index (χ2v) is 8.18. The molecule has 9 heteroatoms. The fourth-order valence-electron chi connectivity index (χ4n) is 3.18. The van der Waals surface area contributed by atoms with E-state index in [1.165, 1.54) is 11.8 Å². The van der Waals surface area contributed by atoms with E-state index in [1.54, 1.807) is 36.5 Å². The molecule has 32 heavy (non-hydrogen) atoms. The van der Waals surface area contributed by atoms with Gasteiger partial charge in [-0.15, -0.1) is 0 Å². The standard InChI is InChI=1S/C23H18Cl2N4O2S/c1-3-12-31-15-7-4-6-14(13-15)20-21(18-10-11-26-23(27-18)32-2)29(30)22(28-20)19-16(24)8-5-9-17(19)25/h3-11,13,30H,1,12H2,2H3. The maximum absolute atomic E-state index is 11.2. The molecule has 0 saturated carbocycles. The van der Waals surface area contributed by atoms with Crippen LogP contribution in [0.25, 0.3) is 34.0 Å². The molecule has 0 radical (unpaired) electrons. The number of imidazole rings is 1. The summed E-state index contributed by atoms with van der Waals surface area (Å²) >= 11 is 14.2. The zero-order valence-corrected chi connectivity index (χ0v) is 19.3. The van der Waals surface area contributed by atoms with Gasteiger partial charge in [0.05, 0.1) is 21.3 Å². The molecule has 2 aromatic heterocycles. The molecular weight excluding hydrogens is 467 g/mol. The van der Waals surface area contributed by atoms with E-state index < -0.39 is 0 Å². The Morgan fingerprint density at radius 3 is 2.59 bits per heavy atom. The normalized spacial score (nSPS) is 10.8. The van der Waals surface area contributed by atoms with E-state index in [0.717, 1.165) is 10.3 Å². The van der Waals surface area contributed by atoms with Crippen molar-refractivity contribution in [2.24, 2.45) is 0 Å². The molecule has 0 aliphatic heterocycles. The third kappa shape index (κ3) is 4.32. The monoisotopic (exact) mass is 484 g/mol. The summed E-state index contributed by atoms with van der Waals surface area (Å²) in [5.74, 6) is 0.845. The highest BCUT2D eigenvalue weighted by atomic mass is 35.5. The smallest absolute Gasteiger partial charge is 0.187 e. The number of hydrogen-bond donors (Lipinski definition) is 1. The second-order valence-electron chi connectivity index (χ2n) is 6.60. The number of hydrogen-bond acceptors (Lipinski definition) is 6. The summed E-state index contributed by atoms with van der Waals surface area (Å²) in [5.41, 5.74) is 2.52. The average Bonchev–Trinajstić information content (AvgIpc) is 3.14. The molecule has 2 aromatic carbocycles. The molecule has 162 valence electrons. The third-order valence-electron chi connectivity index (χ3n) is 4.57. The summed E-state index contributed by atoms with van der Waals surface area (Å²) < 4.78 is 6.64. The van der Waals surface area contributed by atoms with E-state index in [1.807, 2.05) is 30.5 Å². The summed E-state index contributed by atoms with van der Waals surface area (Å²) in [6.45, 7) is 4.05. The molecule has 0 amide bonds. The minimum atomic E-state index is 0.201. The number of thioether (sulfide) groups is 1. The lowest BCUT2D eigenvalue weighted by Gasteiger charge is -2.09. The van der Waals surface area contributed by atoms with Gasteiger partial charge in [-0.1, -0.05) is 65.8 Å². The van der Waals surface area contributed by atoms with E-state index in [-0.39, 0.29) is 5.82 Å². The van der Waals surface area contributed by atoms with Crippen molar-refractivity contribution in [2.45, 2.75) is 5.16 Å². The Labute approximate surface area is 199 Å². The van der Waals surface area contributed by atoms with Gasteiger partial charge in [0.25, 0.3) is 0 Å². The van der Waals surface area contributed by atoms with E-state index in [4.69, 9.17) is 32.9 Å². The van der Waals surface area contributed by atoms with Crippen LogP contribution >= 0.6 is 35.0 Å². The highest BCUT2D eigenvalue weighted by Crippen LogP contribution is 2.40. The molecule has 0 bridgehead atoms. The molecule has 0 spiro atoms. The van der Waals surface area contributed by atoms with Crippen molar-refractivity contribution in [3.63, 3.8) is 0 Å². The summed E-state index contributed by atoms with van der Waals surface area (Å²) in [5, 5.41) is 12.5. The van der Waals surface area contributed by atoms with Crippen LogP contribution in [0.1, 0.15) is 0 Å². The first kappa shape index (κ1) is 22.2. The maximum Gasteiger partial charge on any atom is 0.187 e. The molecule has 0 saturated heterocycles. The van der Waals surface area contributed by atoms with Crippen LogP contribution in [0.3, 0.4) is 0 Å². The predicted molar refractivity (Wildman–Crippen MR) is 129 cm³/mol. The second kappa shape index (κ2) is 9.65. The van der Waals surface area contributed by atoms with Crippen molar-refractivity contribution in [3.8, 4) is 39.8 Å². The number of aromatic nitrogens is 4. The fraction of sp³-hybridized carbons (Fsp3) is 0.0870. The Kier molecular flexibility index (Phi) is 6.69. The molecule has 0 aliphatic rings. The van der Waals surface area contributed by atoms with Gasteiger partial charge in [0.1, 0.15) is 23.7 Å². The number of ether oxygens (including phenoxy) is 1. The van der Waals surface area contributed by atoms with Crippen LogP contribution in [0.2, 0.25) is 10.0 Å². The third-order valence-corrected chi connectivity index (χ3v) is 5.77. The first-order valence-corrected chi connectivity index (χ1v) is 11.5. The number of halogens is 2. The van der Waals surface area contributed by atoms with Crippen molar-refractivity contribution < 1.29 is 9.94 Å². The van der Waals surface area contributed by atoms with E-state index in [0.29, 0.717) is 50.2 Å². The largest absolute Gasteiger partial charge is 0.490 e. The van der Waals surface area contributed by atoms with Gasteiger partial charge in [0, 0.05) is 11.8 Å². The van der Waals surface area contributed by atoms with Crippen molar-refractivity contribution in [1.29, 1.82) is 0 Å². The summed E-state index contributed by atoms with van der Waals surface area (Å²) in [6, 6.07) is 14.2. The topological polar surface area (TPSA) is 73.1 Å². The summed E-state index contributed by atoms with van der Waals surface area (Å²) in [4.78, 5) is 13.5. The summed E-state index contributed by atoms with van der Waals surface area (Å²) in [7, 11) is 0. The minimum absolute atomic E-state index is 0.201. The van der Waals surface area contributed by atoms with Gasteiger partial charge in [-0.05, 0) is 36.6 Å². The maximum atomic E-state index is 11.2. The van der Waals surface area contributed by atoms with Crippen LogP contribution in [-0.2, 0) is 0 Å². The highest BCUT2D eigenvalue weighted by Gasteiger charge is 2.25. The molecule has 0 aliphatic carbocycles. The minimum Gasteiger partial charge on any atom is -0.490 e. The van der Waals surface area contributed by atoms with Gasteiger partial charge in [0.15, 0.2) is 11.0 Å². The lowest BCUT2D eigenvalue weighted by molar-refractivity contribution is 0.195. The van der Waals surface area contributed by atoms with Crippen molar-refractivity contribution in [3.05, 3.63) is 77.4 Å². The van der Waals surface area contributed by atoms with Crippen LogP contribution in [0.4, 0.5) is 0 Å². The van der Waals surface area contributed by atoms with Crippen LogP contribution in [0, 0.1) is 0 Å². The van der Waals surface area contributed by atoms with E-state index in [9.17, 15) is 5.21 Å². The number of nitrogens with zero attached hydrogens (tertiary/aromatic N) is 4. The lowest BCUT2D eigenvalue weighted by Crippen LogP contribution is -2.00. The molecule has 2 heterocycles. The van der Waals surface area contributed by atoms with Gasteiger partial charge >= 0.3 is 0 Å². The van der Waals surface area contributed by atoms with E-state index >= 15 is 0 Å². The first-order chi connectivity index (χ1) is 15.5. The Morgan fingerprint density at radius 2 is 1.88 bits per heavy atom. The first-order valence-electron chi connectivity index (χ1n) is 9.51. The van der Waals surface area contributed by atoms with Crippen LogP contribution in [0.15, 0.2) is 72.5 Å². The number of benzene rings is 2. The van der Waals surface area contributed by atoms with Crippen LogP contribution < -0.4 is 4.74 Å². The molecule has 4 aromatic rings. The zero-order valence-electron chi connectivity index (χ0n) is 17.0. The average molecular weight is 485 g/mol. The molecule has 1 N–H and O–H groups in total. The SMILES string of the molecule is C=CCOc1cccc(-c2nc(-c3c(Cl)cccc3Cl)n(O)c2-c2ccnc(SC)n2)c1. The van der Waals surface area contributed by atoms with Crippen molar-refractivity contribution in [1.82, 2.24) is 19.7 Å². The molecule has 0 fully saturated rings. The van der Waals surface area contributed by atoms with E-state index in [2.05, 4.69) is 16.5 Å². The molecule has 0 unspecified atom stereocenters. The van der Waals surface area contributed by atoms with Gasteiger partial charge in [0.2, 0.25) is 0 Å². The molecular formula is C23H18Cl2N4O2S. The Hall–Kier alpha value is -3.00. The fourth-order valence-corrected chi connectivity index (χ4v) is 4.10. The highest BCUT2D eigenvalue weighted by molar-refractivity contribution is 7.98. The molecule has 6 nitrogen and oxygen atoms in total. The molecule has 0 atom stereocenters. The van der Waals surface area contributed by atoms with Gasteiger partial charge in [-0.25, -0.2) is 15.0 Å². The van der Waals surface area contributed by atoms with Crippen LogP contribution in [-0.4, -0.2) is 37.8 Å². The Bertz CT molecular complexity index is 1270. The van der Waals surface area contributed by atoms with Gasteiger partial charge in [-0.2, -0.15) is 4.73 Å². The predicted octanol–water partition coefficient (Wildman–Crippen LogP) is 6.50. The zero-order chi connectivity index (χ0) is 22.7. The Balaban J connectivity index is 1.97. The quantitative estimate of drug-likeness (QED) is 0.139.